The summed E-state index contributed by atoms with van der Waals surface area (Å²) in [5, 5.41) is 4.77. The molecule has 3 aromatic rings. The molecule has 0 unspecified atom stereocenters. The van der Waals surface area contributed by atoms with Gasteiger partial charge in [-0.25, -0.2) is 4.68 Å². The summed E-state index contributed by atoms with van der Waals surface area (Å²) in [5.41, 5.74) is 4.38. The van der Waals surface area contributed by atoms with E-state index in [1.54, 1.807) is 4.68 Å². The van der Waals surface area contributed by atoms with Crippen molar-refractivity contribution in [1.29, 1.82) is 0 Å². The number of carbonyl (C=O) groups is 1. The lowest BCUT2D eigenvalue weighted by Crippen LogP contribution is -2.48. The van der Waals surface area contributed by atoms with Crippen LogP contribution in [0.2, 0.25) is 0 Å². The Morgan fingerprint density at radius 2 is 1.64 bits per heavy atom. The zero-order valence-corrected chi connectivity index (χ0v) is 16.5. The van der Waals surface area contributed by atoms with Crippen LogP contribution in [0, 0.1) is 6.92 Å². The van der Waals surface area contributed by atoms with Crippen LogP contribution in [-0.2, 0) is 4.74 Å². The van der Waals surface area contributed by atoms with Crippen molar-refractivity contribution in [1.82, 2.24) is 14.7 Å². The van der Waals surface area contributed by atoms with Crippen molar-refractivity contribution >= 4 is 5.91 Å². The Morgan fingerprint density at radius 1 is 1.00 bits per heavy atom. The van der Waals surface area contributed by atoms with Crippen molar-refractivity contribution in [3.05, 3.63) is 71.9 Å². The van der Waals surface area contributed by atoms with Gasteiger partial charge in [-0.2, -0.15) is 5.10 Å². The second-order valence-electron chi connectivity index (χ2n) is 7.50. The third kappa shape index (κ3) is 3.71. The van der Waals surface area contributed by atoms with Gasteiger partial charge < -0.3 is 9.64 Å². The van der Waals surface area contributed by atoms with Crippen LogP contribution < -0.4 is 0 Å². The van der Waals surface area contributed by atoms with Gasteiger partial charge in [0.25, 0.3) is 5.91 Å². The van der Waals surface area contributed by atoms with Crippen LogP contribution in [0.5, 0.6) is 0 Å². The number of morpholine rings is 1. The molecular weight excluding hydrogens is 350 g/mol. The highest BCUT2D eigenvalue weighted by molar-refractivity contribution is 6.00. The van der Waals surface area contributed by atoms with Gasteiger partial charge >= 0.3 is 0 Å². The van der Waals surface area contributed by atoms with Crippen LogP contribution in [0.3, 0.4) is 0 Å². The van der Waals surface area contributed by atoms with E-state index in [1.807, 2.05) is 79.5 Å². The first-order chi connectivity index (χ1) is 13.5. The molecule has 1 aliphatic rings. The van der Waals surface area contributed by atoms with E-state index in [4.69, 9.17) is 9.84 Å². The summed E-state index contributed by atoms with van der Waals surface area (Å²) >= 11 is 0. The molecule has 28 heavy (non-hydrogen) atoms. The number of aromatic nitrogens is 2. The lowest BCUT2D eigenvalue weighted by molar-refractivity contribution is -0.0586. The number of hydrogen-bond donors (Lipinski definition) is 0. The number of ether oxygens (including phenoxy) is 1. The fourth-order valence-corrected chi connectivity index (χ4v) is 3.68. The van der Waals surface area contributed by atoms with Crippen LogP contribution in [0.25, 0.3) is 16.9 Å². The Hall–Kier alpha value is -2.92. The third-order valence-electron chi connectivity index (χ3n) is 5.00. The number of para-hydroxylation sites is 1. The highest BCUT2D eigenvalue weighted by atomic mass is 16.5. The van der Waals surface area contributed by atoms with E-state index in [1.165, 1.54) is 5.56 Å². The van der Waals surface area contributed by atoms with Gasteiger partial charge in [0.05, 0.1) is 23.5 Å². The molecule has 0 N–H and O–H groups in total. The normalized spacial score (nSPS) is 19.6. The number of carbonyl (C=O) groups excluding carboxylic acids is 1. The molecule has 0 spiro atoms. The van der Waals surface area contributed by atoms with Crippen molar-refractivity contribution in [3.8, 4) is 16.9 Å². The highest BCUT2D eigenvalue weighted by Crippen LogP contribution is 2.26. The zero-order valence-electron chi connectivity index (χ0n) is 16.5. The molecule has 1 aromatic heterocycles. The second-order valence-corrected chi connectivity index (χ2v) is 7.50. The van der Waals surface area contributed by atoms with Crippen molar-refractivity contribution < 1.29 is 9.53 Å². The van der Waals surface area contributed by atoms with E-state index in [0.29, 0.717) is 24.3 Å². The number of amides is 1. The molecule has 0 aliphatic carbocycles. The van der Waals surface area contributed by atoms with Crippen LogP contribution in [-0.4, -0.2) is 45.9 Å². The van der Waals surface area contributed by atoms with E-state index in [9.17, 15) is 4.79 Å². The summed E-state index contributed by atoms with van der Waals surface area (Å²) in [7, 11) is 0. The molecule has 1 amide bonds. The van der Waals surface area contributed by atoms with Gasteiger partial charge in [-0.3, -0.25) is 4.79 Å². The molecule has 5 nitrogen and oxygen atoms in total. The molecule has 5 heteroatoms. The Bertz CT molecular complexity index is 953. The topological polar surface area (TPSA) is 47.4 Å². The predicted molar refractivity (Wildman–Crippen MR) is 110 cm³/mol. The van der Waals surface area contributed by atoms with E-state index in [0.717, 1.165) is 11.3 Å². The number of nitrogens with zero attached hydrogens (tertiary/aromatic N) is 3. The summed E-state index contributed by atoms with van der Waals surface area (Å²) in [6.07, 6.45) is 1.90. The van der Waals surface area contributed by atoms with Gasteiger partial charge in [0.1, 0.15) is 5.69 Å². The maximum absolute atomic E-state index is 13.4. The minimum absolute atomic E-state index is 0.000226. The molecule has 1 fully saturated rings. The van der Waals surface area contributed by atoms with Gasteiger partial charge in [-0.15, -0.1) is 0 Å². The monoisotopic (exact) mass is 375 g/mol. The van der Waals surface area contributed by atoms with Gasteiger partial charge in [0.15, 0.2) is 0 Å². The smallest absolute Gasteiger partial charge is 0.257 e. The summed E-state index contributed by atoms with van der Waals surface area (Å²) < 4.78 is 7.58. The first kappa shape index (κ1) is 18.4. The van der Waals surface area contributed by atoms with Crippen LogP contribution in [0.15, 0.2) is 60.8 Å². The number of aryl methyl sites for hydroxylation is 1. The molecule has 2 heterocycles. The molecule has 1 aliphatic heterocycles. The summed E-state index contributed by atoms with van der Waals surface area (Å²) in [6, 6.07) is 18.0. The quantitative estimate of drug-likeness (QED) is 0.692. The number of hydrogen-bond acceptors (Lipinski definition) is 3. The zero-order chi connectivity index (χ0) is 19.7. The molecule has 2 aromatic carbocycles. The number of rotatable bonds is 3. The van der Waals surface area contributed by atoms with E-state index >= 15 is 0 Å². The van der Waals surface area contributed by atoms with Crippen LogP contribution in [0.1, 0.15) is 29.8 Å². The van der Waals surface area contributed by atoms with Crippen molar-refractivity contribution in [2.24, 2.45) is 0 Å². The van der Waals surface area contributed by atoms with Gasteiger partial charge in [0, 0.05) is 24.8 Å². The van der Waals surface area contributed by atoms with Crippen LogP contribution >= 0.6 is 0 Å². The van der Waals surface area contributed by atoms with Crippen molar-refractivity contribution in [3.63, 3.8) is 0 Å². The Kier molecular flexibility index (Phi) is 5.01. The lowest BCUT2D eigenvalue weighted by atomic mass is 10.1. The maximum Gasteiger partial charge on any atom is 0.257 e. The van der Waals surface area contributed by atoms with Gasteiger partial charge in [-0.1, -0.05) is 48.0 Å². The first-order valence-corrected chi connectivity index (χ1v) is 9.68. The third-order valence-corrected chi connectivity index (χ3v) is 5.00. The molecule has 1 saturated heterocycles. The minimum atomic E-state index is -0.000226. The summed E-state index contributed by atoms with van der Waals surface area (Å²) in [6.45, 7) is 7.24. The largest absolute Gasteiger partial charge is 0.372 e. The molecule has 0 radical (unpaired) electrons. The van der Waals surface area contributed by atoms with Gasteiger partial charge in [-0.05, 0) is 32.9 Å². The molecular formula is C23H25N3O2. The molecule has 0 saturated carbocycles. The standard InChI is InChI=1S/C23H25N3O2/c1-16-9-11-19(12-10-16)22-21(15-26(24-22)20-7-5-4-6-8-20)23(27)25-13-17(2)28-18(3)14-25/h4-12,15,17-18H,13-14H2,1-3H3/t17-,18-/m0/s1. The molecule has 4 rings (SSSR count). The summed E-state index contributed by atoms with van der Waals surface area (Å²) in [5.74, 6) is -0.000226. The van der Waals surface area contributed by atoms with E-state index in [2.05, 4.69) is 6.92 Å². The maximum atomic E-state index is 13.4. The average Bonchev–Trinajstić information content (AvgIpc) is 3.13. The molecule has 0 bridgehead atoms. The predicted octanol–water partition coefficient (Wildman–Crippen LogP) is 4.10. The van der Waals surface area contributed by atoms with Crippen molar-refractivity contribution in [2.75, 3.05) is 13.1 Å². The van der Waals surface area contributed by atoms with Crippen molar-refractivity contribution in [2.45, 2.75) is 33.0 Å². The van der Waals surface area contributed by atoms with Crippen LogP contribution in [0.4, 0.5) is 0 Å². The SMILES string of the molecule is Cc1ccc(-c2nn(-c3ccccc3)cc2C(=O)N2C[C@H](C)O[C@@H](C)C2)cc1. The average molecular weight is 375 g/mol. The first-order valence-electron chi connectivity index (χ1n) is 9.68. The lowest BCUT2D eigenvalue weighted by Gasteiger charge is -2.35. The van der Waals surface area contributed by atoms with E-state index < -0.39 is 0 Å². The fraction of sp³-hybridized carbons (Fsp3) is 0.304. The number of benzene rings is 2. The van der Waals surface area contributed by atoms with Gasteiger partial charge in [0.2, 0.25) is 0 Å². The Balaban J connectivity index is 1.77. The molecule has 2 atom stereocenters. The Labute approximate surface area is 165 Å². The fourth-order valence-electron chi connectivity index (χ4n) is 3.68. The second kappa shape index (κ2) is 7.60. The Morgan fingerprint density at radius 3 is 2.29 bits per heavy atom. The summed E-state index contributed by atoms with van der Waals surface area (Å²) in [4.78, 5) is 15.3. The molecule has 144 valence electrons. The minimum Gasteiger partial charge on any atom is -0.372 e. The van der Waals surface area contributed by atoms with E-state index in [-0.39, 0.29) is 18.1 Å². The highest BCUT2D eigenvalue weighted by Gasteiger charge is 2.29.